The lowest BCUT2D eigenvalue weighted by Gasteiger charge is -2.11. The lowest BCUT2D eigenvalue weighted by molar-refractivity contribution is 0.619. The number of rotatable bonds is 2. The molecule has 0 unspecified atom stereocenters. The average molecular weight is 204 g/mol. The minimum atomic E-state index is 0.581. The third kappa shape index (κ3) is 3.39. The molecule has 0 radical (unpaired) electrons. The zero-order valence-electron chi connectivity index (χ0n) is 10.3. The Morgan fingerprint density at radius 1 is 1.13 bits per heavy atom. The summed E-state index contributed by atoms with van der Waals surface area (Å²) in [6.07, 6.45) is 0. The molecule has 0 aliphatic heterocycles. The second-order valence-electron chi connectivity index (χ2n) is 4.30. The van der Waals surface area contributed by atoms with Crippen LogP contribution in [0.1, 0.15) is 32.3 Å². The van der Waals surface area contributed by atoms with E-state index in [-0.39, 0.29) is 0 Å². The maximum absolute atomic E-state index is 4.50. The zero-order valence-corrected chi connectivity index (χ0v) is 10.3. The minimum Gasteiger partial charge on any atom is -0.366 e. The van der Waals surface area contributed by atoms with Gasteiger partial charge in [-0.3, -0.25) is 0 Å². The first-order chi connectivity index (χ1) is 7.00. The van der Waals surface area contributed by atoms with Crippen LogP contribution in [-0.4, -0.2) is 24.8 Å². The molecule has 2 nitrogen and oxygen atoms in total. The Hall–Kier alpha value is -1.31. The second-order valence-corrected chi connectivity index (χ2v) is 4.30. The average Bonchev–Trinajstić information content (AvgIpc) is 2.18. The van der Waals surface area contributed by atoms with E-state index in [0.29, 0.717) is 5.92 Å². The SMILES string of the molecule is C/C(=N\c1ccc(C(C)C)cc1)N(C)C. The van der Waals surface area contributed by atoms with Gasteiger partial charge < -0.3 is 4.90 Å². The lowest BCUT2D eigenvalue weighted by Crippen LogP contribution is -2.17. The normalized spacial score (nSPS) is 12.0. The van der Waals surface area contributed by atoms with Crippen molar-refractivity contribution in [3.63, 3.8) is 0 Å². The molecular weight excluding hydrogens is 184 g/mol. The summed E-state index contributed by atoms with van der Waals surface area (Å²) in [7, 11) is 4.00. The molecule has 0 heterocycles. The van der Waals surface area contributed by atoms with Crippen molar-refractivity contribution < 1.29 is 0 Å². The molecule has 0 N–H and O–H groups in total. The van der Waals surface area contributed by atoms with Crippen LogP contribution in [0, 0.1) is 0 Å². The maximum atomic E-state index is 4.50. The molecular formula is C13H20N2. The quantitative estimate of drug-likeness (QED) is 0.532. The fourth-order valence-corrected chi connectivity index (χ4v) is 1.22. The van der Waals surface area contributed by atoms with Crippen molar-refractivity contribution in [3.05, 3.63) is 29.8 Å². The standard InChI is InChI=1S/C13H20N2/c1-10(2)12-6-8-13(9-7-12)14-11(3)15(4)5/h6-10H,1-5H3/b14-11+. The molecule has 15 heavy (non-hydrogen) atoms. The Labute approximate surface area is 92.6 Å². The van der Waals surface area contributed by atoms with E-state index in [4.69, 9.17) is 0 Å². The third-order valence-electron chi connectivity index (χ3n) is 2.50. The van der Waals surface area contributed by atoms with Gasteiger partial charge in [0, 0.05) is 14.1 Å². The van der Waals surface area contributed by atoms with Crippen molar-refractivity contribution in [2.24, 2.45) is 4.99 Å². The molecule has 0 aromatic heterocycles. The molecule has 0 fully saturated rings. The van der Waals surface area contributed by atoms with Crippen LogP contribution in [-0.2, 0) is 0 Å². The number of hydrogen-bond acceptors (Lipinski definition) is 1. The minimum absolute atomic E-state index is 0.581. The van der Waals surface area contributed by atoms with Gasteiger partial charge in [-0.1, -0.05) is 26.0 Å². The van der Waals surface area contributed by atoms with Gasteiger partial charge in [0.15, 0.2) is 0 Å². The third-order valence-corrected chi connectivity index (χ3v) is 2.50. The van der Waals surface area contributed by atoms with Crippen LogP contribution in [0.15, 0.2) is 29.3 Å². The van der Waals surface area contributed by atoms with Gasteiger partial charge in [0.1, 0.15) is 5.84 Å². The number of benzene rings is 1. The summed E-state index contributed by atoms with van der Waals surface area (Å²) in [6.45, 7) is 6.41. The molecule has 82 valence electrons. The molecule has 1 aromatic rings. The van der Waals surface area contributed by atoms with Crippen molar-refractivity contribution in [3.8, 4) is 0 Å². The largest absolute Gasteiger partial charge is 0.366 e. The molecule has 1 aromatic carbocycles. The number of aliphatic imine (C=N–C) groups is 1. The van der Waals surface area contributed by atoms with E-state index in [0.717, 1.165) is 11.5 Å². The van der Waals surface area contributed by atoms with Gasteiger partial charge >= 0.3 is 0 Å². The Kier molecular flexibility index (Phi) is 3.89. The lowest BCUT2D eigenvalue weighted by atomic mass is 10.0. The second kappa shape index (κ2) is 4.96. The van der Waals surface area contributed by atoms with Gasteiger partial charge in [-0.2, -0.15) is 0 Å². The van der Waals surface area contributed by atoms with Gasteiger partial charge in [-0.25, -0.2) is 4.99 Å². The van der Waals surface area contributed by atoms with Gasteiger partial charge in [-0.05, 0) is 30.5 Å². The molecule has 0 saturated carbocycles. The van der Waals surface area contributed by atoms with Gasteiger partial charge in [-0.15, -0.1) is 0 Å². The van der Waals surface area contributed by atoms with Crippen molar-refractivity contribution in [1.29, 1.82) is 0 Å². The predicted octanol–water partition coefficient (Wildman–Crippen LogP) is 3.42. The summed E-state index contributed by atoms with van der Waals surface area (Å²) in [5, 5.41) is 0. The van der Waals surface area contributed by atoms with Gasteiger partial charge in [0.2, 0.25) is 0 Å². The summed E-state index contributed by atoms with van der Waals surface area (Å²) >= 11 is 0. The van der Waals surface area contributed by atoms with E-state index >= 15 is 0 Å². The summed E-state index contributed by atoms with van der Waals surface area (Å²) in [5.74, 6) is 1.60. The Morgan fingerprint density at radius 3 is 2.07 bits per heavy atom. The highest BCUT2D eigenvalue weighted by atomic mass is 15.1. The fraction of sp³-hybridized carbons (Fsp3) is 0.462. The first-order valence-electron chi connectivity index (χ1n) is 5.33. The highest BCUT2D eigenvalue weighted by Gasteiger charge is 1.99. The van der Waals surface area contributed by atoms with E-state index in [1.54, 1.807) is 0 Å². The van der Waals surface area contributed by atoms with E-state index in [1.165, 1.54) is 5.56 Å². The fourth-order valence-electron chi connectivity index (χ4n) is 1.22. The monoisotopic (exact) mass is 204 g/mol. The van der Waals surface area contributed by atoms with Crippen molar-refractivity contribution in [1.82, 2.24) is 4.90 Å². The van der Waals surface area contributed by atoms with E-state index in [2.05, 4.69) is 43.1 Å². The highest BCUT2D eigenvalue weighted by molar-refractivity contribution is 5.81. The molecule has 0 aliphatic carbocycles. The number of hydrogen-bond donors (Lipinski definition) is 0. The van der Waals surface area contributed by atoms with Crippen molar-refractivity contribution in [2.45, 2.75) is 26.7 Å². The Balaban J connectivity index is 2.85. The summed E-state index contributed by atoms with van der Waals surface area (Å²) in [4.78, 5) is 6.51. The molecule has 0 atom stereocenters. The highest BCUT2D eigenvalue weighted by Crippen LogP contribution is 2.19. The molecule has 0 bridgehead atoms. The summed E-state index contributed by atoms with van der Waals surface area (Å²) in [5.41, 5.74) is 2.38. The first kappa shape index (κ1) is 11.8. The molecule has 0 amide bonds. The van der Waals surface area contributed by atoms with Crippen LogP contribution in [0.3, 0.4) is 0 Å². The molecule has 0 aliphatic rings. The topological polar surface area (TPSA) is 15.6 Å². The van der Waals surface area contributed by atoms with Crippen LogP contribution >= 0.6 is 0 Å². The molecule has 0 saturated heterocycles. The first-order valence-corrected chi connectivity index (χ1v) is 5.33. The Bertz CT molecular complexity index is 334. The van der Waals surface area contributed by atoms with E-state index in [1.807, 2.05) is 25.9 Å². The molecule has 1 rings (SSSR count). The van der Waals surface area contributed by atoms with Crippen LogP contribution in [0.2, 0.25) is 0 Å². The smallest absolute Gasteiger partial charge is 0.101 e. The van der Waals surface area contributed by atoms with E-state index in [9.17, 15) is 0 Å². The maximum Gasteiger partial charge on any atom is 0.101 e. The van der Waals surface area contributed by atoms with E-state index < -0.39 is 0 Å². The van der Waals surface area contributed by atoms with Crippen LogP contribution in [0.4, 0.5) is 5.69 Å². The van der Waals surface area contributed by atoms with Crippen molar-refractivity contribution >= 4 is 11.5 Å². The zero-order chi connectivity index (χ0) is 11.4. The van der Waals surface area contributed by atoms with Gasteiger partial charge in [0.25, 0.3) is 0 Å². The predicted molar refractivity (Wildman–Crippen MR) is 67.0 cm³/mol. The summed E-state index contributed by atoms with van der Waals surface area (Å²) < 4.78 is 0. The van der Waals surface area contributed by atoms with Crippen molar-refractivity contribution in [2.75, 3.05) is 14.1 Å². The van der Waals surface area contributed by atoms with Gasteiger partial charge in [0.05, 0.1) is 5.69 Å². The molecule has 0 spiro atoms. The number of amidine groups is 1. The number of nitrogens with zero attached hydrogens (tertiary/aromatic N) is 2. The Morgan fingerprint density at radius 2 is 1.67 bits per heavy atom. The van der Waals surface area contributed by atoms with Crippen LogP contribution in [0.25, 0.3) is 0 Å². The molecule has 2 heteroatoms. The van der Waals surface area contributed by atoms with Crippen LogP contribution in [0.5, 0.6) is 0 Å². The summed E-state index contributed by atoms with van der Waals surface area (Å²) in [6, 6.07) is 8.43. The van der Waals surface area contributed by atoms with Crippen LogP contribution < -0.4 is 0 Å².